The summed E-state index contributed by atoms with van der Waals surface area (Å²) in [7, 11) is 0. The van der Waals surface area contributed by atoms with Gasteiger partial charge in [-0.3, -0.25) is 4.79 Å². The van der Waals surface area contributed by atoms with Gasteiger partial charge in [0.1, 0.15) is 6.10 Å². The molecule has 0 aromatic heterocycles. The molecule has 0 amide bonds. The van der Waals surface area contributed by atoms with E-state index in [2.05, 4.69) is 11.8 Å². The molecule has 0 aliphatic carbocycles. The second-order valence-electron chi connectivity index (χ2n) is 10.2. The largest absolute Gasteiger partial charge is 0.462 e. The van der Waals surface area contributed by atoms with Crippen LogP contribution in [0.3, 0.4) is 0 Å². The van der Waals surface area contributed by atoms with Crippen molar-refractivity contribution in [3.05, 3.63) is 0 Å². The van der Waals surface area contributed by atoms with Crippen LogP contribution in [0, 0.1) is 5.92 Å². The minimum Gasteiger partial charge on any atom is -0.462 e. The Labute approximate surface area is 204 Å². The zero-order valence-electron chi connectivity index (χ0n) is 21.8. The fraction of sp³-hybridized carbons (Fsp3) is 0.964. The molecule has 33 heavy (non-hydrogen) atoms. The summed E-state index contributed by atoms with van der Waals surface area (Å²) in [6.45, 7) is 5.86. The first-order valence-electron chi connectivity index (χ1n) is 14.3. The van der Waals surface area contributed by atoms with Crippen molar-refractivity contribution in [1.29, 1.82) is 0 Å². The molecule has 0 spiro atoms. The van der Waals surface area contributed by atoms with E-state index in [1.807, 2.05) is 0 Å². The van der Waals surface area contributed by atoms with Crippen LogP contribution < -0.4 is 0 Å². The number of hydrogen-bond donors (Lipinski definition) is 2. The van der Waals surface area contributed by atoms with Gasteiger partial charge in [0.15, 0.2) is 0 Å². The molecule has 1 saturated heterocycles. The third kappa shape index (κ3) is 17.4. The predicted molar refractivity (Wildman–Crippen MR) is 137 cm³/mol. The Morgan fingerprint density at radius 3 is 1.85 bits per heavy atom. The van der Waals surface area contributed by atoms with Gasteiger partial charge in [-0.05, 0) is 70.4 Å². The Morgan fingerprint density at radius 2 is 1.30 bits per heavy atom. The standard InChI is InChI=1S/C28H55NO4/c1-2-3-4-5-6-9-12-16-27(17-13-10-7-8-11-14-23-30)33-28(32)25-26-18-21-29(22-19-26)20-15-24-31/h26-27,30-31H,2-25H2,1H3. The van der Waals surface area contributed by atoms with Gasteiger partial charge in [0, 0.05) is 26.2 Å². The van der Waals surface area contributed by atoms with E-state index in [0.29, 0.717) is 18.9 Å². The summed E-state index contributed by atoms with van der Waals surface area (Å²) in [4.78, 5) is 15.1. The minimum atomic E-state index is 0.0136. The van der Waals surface area contributed by atoms with Crippen LogP contribution in [-0.2, 0) is 9.53 Å². The maximum atomic E-state index is 12.7. The average Bonchev–Trinajstić information content (AvgIpc) is 2.82. The van der Waals surface area contributed by atoms with Gasteiger partial charge in [-0.15, -0.1) is 0 Å². The lowest BCUT2D eigenvalue weighted by Gasteiger charge is -2.31. The number of rotatable bonds is 22. The number of nitrogens with zero attached hydrogens (tertiary/aromatic N) is 1. The molecule has 0 aromatic rings. The number of likely N-dealkylation sites (tertiary alicyclic amines) is 1. The van der Waals surface area contributed by atoms with Gasteiger partial charge in [0.05, 0.1) is 0 Å². The number of aliphatic hydroxyl groups is 2. The van der Waals surface area contributed by atoms with Crippen LogP contribution in [0.5, 0.6) is 0 Å². The lowest BCUT2D eigenvalue weighted by molar-refractivity contribution is -0.151. The number of ether oxygens (including phenoxy) is 1. The Morgan fingerprint density at radius 1 is 0.788 bits per heavy atom. The molecule has 1 atom stereocenters. The summed E-state index contributed by atoms with van der Waals surface area (Å²) in [6.07, 6.45) is 21.5. The molecule has 1 fully saturated rings. The monoisotopic (exact) mass is 469 g/mol. The van der Waals surface area contributed by atoms with E-state index in [4.69, 9.17) is 14.9 Å². The van der Waals surface area contributed by atoms with Crippen molar-refractivity contribution >= 4 is 5.97 Å². The minimum absolute atomic E-state index is 0.0136. The van der Waals surface area contributed by atoms with Crippen molar-refractivity contribution in [1.82, 2.24) is 4.90 Å². The van der Waals surface area contributed by atoms with Crippen LogP contribution in [0.4, 0.5) is 0 Å². The van der Waals surface area contributed by atoms with Crippen molar-refractivity contribution in [2.75, 3.05) is 32.8 Å². The summed E-state index contributed by atoms with van der Waals surface area (Å²) < 4.78 is 6.02. The molecule has 1 rings (SSSR count). The van der Waals surface area contributed by atoms with Crippen molar-refractivity contribution in [3.63, 3.8) is 0 Å². The highest BCUT2D eigenvalue weighted by Crippen LogP contribution is 2.23. The Bertz CT molecular complexity index is 420. The van der Waals surface area contributed by atoms with E-state index < -0.39 is 0 Å². The maximum Gasteiger partial charge on any atom is 0.306 e. The zero-order valence-corrected chi connectivity index (χ0v) is 21.8. The lowest BCUT2D eigenvalue weighted by Crippen LogP contribution is -2.35. The van der Waals surface area contributed by atoms with Gasteiger partial charge in [-0.2, -0.15) is 0 Å². The smallest absolute Gasteiger partial charge is 0.306 e. The van der Waals surface area contributed by atoms with Gasteiger partial charge >= 0.3 is 5.97 Å². The fourth-order valence-corrected chi connectivity index (χ4v) is 4.96. The molecule has 0 radical (unpaired) electrons. The number of unbranched alkanes of at least 4 members (excludes halogenated alkanes) is 11. The molecule has 1 heterocycles. The van der Waals surface area contributed by atoms with E-state index in [-0.39, 0.29) is 18.7 Å². The van der Waals surface area contributed by atoms with Gasteiger partial charge < -0.3 is 19.8 Å². The SMILES string of the molecule is CCCCCCCCCC(CCCCCCCCO)OC(=O)CC1CCN(CCCO)CC1. The maximum absolute atomic E-state index is 12.7. The summed E-state index contributed by atoms with van der Waals surface area (Å²) in [5.74, 6) is 0.466. The molecule has 196 valence electrons. The predicted octanol–water partition coefficient (Wildman–Crippen LogP) is 6.25. The molecule has 1 unspecified atom stereocenters. The van der Waals surface area contributed by atoms with Crippen LogP contribution in [0.1, 0.15) is 129 Å². The van der Waals surface area contributed by atoms with E-state index in [1.54, 1.807) is 0 Å². The van der Waals surface area contributed by atoms with Crippen LogP contribution in [0.25, 0.3) is 0 Å². The number of carbonyl (C=O) groups excluding carboxylic acids is 1. The summed E-state index contributed by atoms with van der Waals surface area (Å²) in [6, 6.07) is 0. The van der Waals surface area contributed by atoms with E-state index >= 15 is 0 Å². The molecule has 0 aromatic carbocycles. The molecule has 2 N–H and O–H groups in total. The Hall–Kier alpha value is -0.650. The number of piperidine rings is 1. The fourth-order valence-electron chi connectivity index (χ4n) is 4.96. The quantitative estimate of drug-likeness (QED) is 0.145. The number of carbonyl (C=O) groups is 1. The van der Waals surface area contributed by atoms with Gasteiger partial charge in [0.2, 0.25) is 0 Å². The molecule has 5 heteroatoms. The second-order valence-corrected chi connectivity index (χ2v) is 10.2. The Kier molecular flexibility index (Phi) is 20.1. The first-order valence-corrected chi connectivity index (χ1v) is 14.3. The number of aliphatic hydroxyl groups excluding tert-OH is 2. The summed E-state index contributed by atoms with van der Waals surface area (Å²) in [5, 5.41) is 17.9. The first kappa shape index (κ1) is 30.4. The van der Waals surface area contributed by atoms with Crippen molar-refractivity contribution < 1.29 is 19.7 Å². The highest BCUT2D eigenvalue weighted by molar-refractivity contribution is 5.69. The third-order valence-electron chi connectivity index (χ3n) is 7.16. The molecular formula is C28H55NO4. The van der Waals surface area contributed by atoms with E-state index in [1.165, 1.54) is 64.2 Å². The van der Waals surface area contributed by atoms with E-state index in [0.717, 1.165) is 71.0 Å². The molecule has 0 bridgehead atoms. The molecule has 5 nitrogen and oxygen atoms in total. The number of esters is 1. The Balaban J connectivity index is 2.29. The number of hydrogen-bond acceptors (Lipinski definition) is 5. The molecule has 1 aliphatic heterocycles. The summed E-state index contributed by atoms with van der Waals surface area (Å²) >= 11 is 0. The van der Waals surface area contributed by atoms with Gasteiger partial charge in [-0.1, -0.05) is 71.1 Å². The van der Waals surface area contributed by atoms with Crippen LogP contribution >= 0.6 is 0 Å². The first-order chi connectivity index (χ1) is 16.2. The van der Waals surface area contributed by atoms with Gasteiger partial charge in [-0.25, -0.2) is 0 Å². The van der Waals surface area contributed by atoms with Crippen molar-refractivity contribution in [2.24, 2.45) is 5.92 Å². The van der Waals surface area contributed by atoms with Crippen LogP contribution in [0.2, 0.25) is 0 Å². The average molecular weight is 470 g/mol. The van der Waals surface area contributed by atoms with Crippen LogP contribution in [-0.4, -0.2) is 60.0 Å². The normalized spacial score (nSPS) is 16.2. The highest BCUT2D eigenvalue weighted by Gasteiger charge is 2.23. The molecule has 1 aliphatic rings. The lowest BCUT2D eigenvalue weighted by atomic mass is 9.93. The van der Waals surface area contributed by atoms with E-state index in [9.17, 15) is 4.79 Å². The molecular weight excluding hydrogens is 414 g/mol. The second kappa shape index (κ2) is 21.9. The molecule has 0 saturated carbocycles. The van der Waals surface area contributed by atoms with Crippen molar-refractivity contribution in [2.45, 2.75) is 135 Å². The highest BCUT2D eigenvalue weighted by atomic mass is 16.5. The van der Waals surface area contributed by atoms with Gasteiger partial charge in [0.25, 0.3) is 0 Å². The topological polar surface area (TPSA) is 70.0 Å². The summed E-state index contributed by atoms with van der Waals surface area (Å²) in [5.41, 5.74) is 0. The zero-order chi connectivity index (χ0) is 24.0. The van der Waals surface area contributed by atoms with Crippen LogP contribution in [0.15, 0.2) is 0 Å². The van der Waals surface area contributed by atoms with Crippen molar-refractivity contribution in [3.8, 4) is 0 Å². The third-order valence-corrected chi connectivity index (χ3v) is 7.16.